The van der Waals surface area contributed by atoms with Gasteiger partial charge in [0.15, 0.2) is 9.84 Å². The van der Waals surface area contributed by atoms with Gasteiger partial charge >= 0.3 is 0 Å². The van der Waals surface area contributed by atoms with Crippen LogP contribution in [0.15, 0.2) is 58.8 Å². The number of fused-ring (bicyclic) bond motifs is 4. The number of nitrogens with two attached hydrogens (primary N) is 1. The predicted molar refractivity (Wildman–Crippen MR) is 210 cm³/mol. The average Bonchev–Trinajstić information content (AvgIpc) is 4.00. The van der Waals surface area contributed by atoms with E-state index < -0.39 is 31.5 Å². The summed E-state index contributed by atoms with van der Waals surface area (Å²) in [5, 5.41) is 16.6. The molecule has 0 saturated heterocycles. The van der Waals surface area contributed by atoms with Crippen molar-refractivity contribution in [2.45, 2.75) is 101 Å². The van der Waals surface area contributed by atoms with E-state index in [0.29, 0.717) is 13.2 Å². The smallest absolute Gasteiger partial charge is 0.292 e. The molecule has 0 spiro atoms. The fraction of sp³-hybridized carbons (Fsp3) is 0.415. The number of primary sulfonamides is 1. The minimum absolute atomic E-state index is 0.0458. The van der Waals surface area contributed by atoms with Crippen molar-refractivity contribution < 1.29 is 35.8 Å². The lowest BCUT2D eigenvalue weighted by atomic mass is 9.98. The summed E-state index contributed by atoms with van der Waals surface area (Å²) in [4.78, 5) is 20.1. The van der Waals surface area contributed by atoms with Gasteiger partial charge in [-0.05, 0) is 148 Å². The quantitative estimate of drug-likeness (QED) is 0.191. The van der Waals surface area contributed by atoms with Crippen LogP contribution in [0, 0.1) is 11.5 Å². The third-order valence-corrected chi connectivity index (χ3v) is 12.9. The summed E-state index contributed by atoms with van der Waals surface area (Å²) in [6, 6.07) is 7.59. The molecule has 296 valence electrons. The third kappa shape index (κ3) is 9.15. The fourth-order valence-corrected chi connectivity index (χ4v) is 9.90. The number of nitrogens with one attached hydrogen (secondary N) is 1. The molecule has 0 bridgehead atoms. The average molecular weight is 802 g/mol. The summed E-state index contributed by atoms with van der Waals surface area (Å²) in [6.07, 6.45) is 20.1. The molecule has 0 atom stereocenters. The van der Waals surface area contributed by atoms with Crippen molar-refractivity contribution in [3.05, 3.63) is 93.6 Å². The highest BCUT2D eigenvalue weighted by Gasteiger charge is 2.29. The molecule has 4 aliphatic carbocycles. The standard InChI is InChI=1S/C21H24N2O4S.C13H13NO.C7H10N2O3S/c1-2-27-18-9-10-22-12-19(18)28(25,26)13-20(24)23-21-16-7-3-5-14(16)11-15-6-4-8-17(15)21;14-8-15-13-11-5-1-3-9(11)7-10-4-2-6-12(10)13;1-2-12-6-3-4-9-5-7(6)13(8,10)11/h9-12H,2-8,13H2,1H3,(H,23,24);7H,1-6H2;3-5H,2H2,1H3,(H2,8,10,11). The van der Waals surface area contributed by atoms with Crippen LogP contribution < -0.4 is 24.7 Å². The number of nitrogens with zero attached hydrogens (tertiary/aromatic N) is 3. The number of anilines is 1. The minimum Gasteiger partial charge on any atom is -0.492 e. The van der Waals surface area contributed by atoms with E-state index in [9.17, 15) is 21.6 Å². The molecule has 13 nitrogen and oxygen atoms in total. The van der Waals surface area contributed by atoms with Crippen LogP contribution in [-0.2, 0) is 76.0 Å². The van der Waals surface area contributed by atoms with E-state index in [1.165, 1.54) is 94.3 Å². The van der Waals surface area contributed by atoms with Gasteiger partial charge in [0.1, 0.15) is 32.8 Å². The number of ether oxygens (including phenoxy) is 3. The Kier molecular flexibility index (Phi) is 12.9. The van der Waals surface area contributed by atoms with Gasteiger partial charge < -0.3 is 19.5 Å². The highest BCUT2D eigenvalue weighted by Crippen LogP contribution is 2.41. The van der Waals surface area contributed by atoms with Crippen LogP contribution >= 0.6 is 0 Å². The van der Waals surface area contributed by atoms with E-state index in [1.807, 2.05) is 6.26 Å². The van der Waals surface area contributed by atoms with Crippen molar-refractivity contribution in [1.82, 2.24) is 9.97 Å². The lowest BCUT2D eigenvalue weighted by Gasteiger charge is -2.16. The maximum absolute atomic E-state index is 12.8. The summed E-state index contributed by atoms with van der Waals surface area (Å²) >= 11 is 0. The Morgan fingerprint density at radius 3 is 1.64 bits per heavy atom. The van der Waals surface area contributed by atoms with Gasteiger partial charge in [-0.1, -0.05) is 12.1 Å². The summed E-state index contributed by atoms with van der Waals surface area (Å²) in [5.74, 6) is 0.226. The van der Waals surface area contributed by atoms with E-state index in [0.717, 1.165) is 75.6 Å². The van der Waals surface area contributed by atoms with E-state index in [2.05, 4.69) is 27.4 Å². The molecule has 4 aliphatic rings. The van der Waals surface area contributed by atoms with E-state index in [4.69, 9.17) is 24.6 Å². The number of sulfonamides is 1. The molecule has 0 aliphatic heterocycles. The van der Waals surface area contributed by atoms with Crippen molar-refractivity contribution in [3.8, 4) is 23.5 Å². The number of hydrogen-bond acceptors (Lipinski definition) is 11. The number of amides is 1. The molecule has 0 radical (unpaired) electrons. The first kappa shape index (κ1) is 40.6. The Labute approximate surface area is 328 Å². The number of pyridine rings is 2. The molecule has 15 heteroatoms. The fourth-order valence-electron chi connectivity index (χ4n) is 8.06. The SMILES string of the molecule is CCOc1ccncc1S(=O)(=O)CC(=O)Nc1c2c(cc3c1CCC3)CCC2.CCOc1ccncc1S(N)(=O)=O.N#COc1c2c(cc3c1CCC3)CCC2. The lowest BCUT2D eigenvalue weighted by molar-refractivity contribution is -0.113. The maximum Gasteiger partial charge on any atom is 0.292 e. The van der Waals surface area contributed by atoms with Gasteiger partial charge in [-0.2, -0.15) is 0 Å². The largest absolute Gasteiger partial charge is 0.492 e. The van der Waals surface area contributed by atoms with Gasteiger partial charge in [-0.15, -0.1) is 5.26 Å². The molecule has 3 N–H and O–H groups in total. The number of carbonyl (C=O) groups is 1. The van der Waals surface area contributed by atoms with Crippen LogP contribution in [0.25, 0.3) is 0 Å². The predicted octanol–water partition coefficient (Wildman–Crippen LogP) is 5.52. The zero-order chi connectivity index (χ0) is 39.9. The number of benzene rings is 2. The van der Waals surface area contributed by atoms with Gasteiger partial charge in [-0.3, -0.25) is 14.8 Å². The molecule has 2 aromatic carbocycles. The molecule has 56 heavy (non-hydrogen) atoms. The van der Waals surface area contributed by atoms with Crippen molar-refractivity contribution >= 4 is 31.5 Å². The first-order chi connectivity index (χ1) is 26.9. The van der Waals surface area contributed by atoms with Gasteiger partial charge in [0.05, 0.1) is 19.4 Å². The molecule has 0 unspecified atom stereocenters. The number of sulfone groups is 1. The van der Waals surface area contributed by atoms with Crippen LogP contribution in [0.1, 0.15) is 84.0 Å². The van der Waals surface area contributed by atoms with Crippen molar-refractivity contribution in [3.63, 3.8) is 0 Å². The van der Waals surface area contributed by atoms with Crippen molar-refractivity contribution in [1.29, 1.82) is 5.26 Å². The minimum atomic E-state index is -3.86. The second-order valence-corrected chi connectivity index (χ2v) is 17.5. The molecule has 4 aromatic rings. The van der Waals surface area contributed by atoms with E-state index in [1.54, 1.807) is 13.8 Å². The number of rotatable bonds is 10. The Morgan fingerprint density at radius 1 is 0.732 bits per heavy atom. The number of aryl methyl sites for hydroxylation is 4. The van der Waals surface area contributed by atoms with Crippen molar-refractivity contribution in [2.24, 2.45) is 5.14 Å². The van der Waals surface area contributed by atoms with Crippen LogP contribution in [0.2, 0.25) is 0 Å². The second-order valence-electron chi connectivity index (χ2n) is 14.0. The van der Waals surface area contributed by atoms with Gasteiger partial charge in [0.25, 0.3) is 6.26 Å². The maximum atomic E-state index is 12.8. The van der Waals surface area contributed by atoms with Gasteiger partial charge in [-0.25, -0.2) is 22.0 Å². The Bertz CT molecular complexity index is 2310. The Morgan fingerprint density at radius 2 is 1.18 bits per heavy atom. The van der Waals surface area contributed by atoms with E-state index in [-0.39, 0.29) is 21.3 Å². The summed E-state index contributed by atoms with van der Waals surface area (Å²) < 4.78 is 63.3. The first-order valence-electron chi connectivity index (χ1n) is 19.0. The number of nitriles is 1. The van der Waals surface area contributed by atoms with Crippen molar-refractivity contribution in [2.75, 3.05) is 24.3 Å². The van der Waals surface area contributed by atoms with E-state index >= 15 is 0 Å². The van der Waals surface area contributed by atoms with Gasteiger partial charge in [0, 0.05) is 24.3 Å². The van der Waals surface area contributed by atoms with Crippen LogP contribution in [-0.4, -0.2) is 51.7 Å². The van der Waals surface area contributed by atoms with Crippen LogP contribution in [0.5, 0.6) is 17.2 Å². The number of hydrogen-bond donors (Lipinski definition) is 2. The Balaban J connectivity index is 0.000000159. The molecule has 2 heterocycles. The molecule has 2 aromatic heterocycles. The molecule has 0 saturated carbocycles. The van der Waals surface area contributed by atoms with Gasteiger partial charge in [0.2, 0.25) is 15.9 Å². The number of aromatic nitrogens is 2. The molecule has 1 amide bonds. The third-order valence-electron chi connectivity index (χ3n) is 10.4. The molecular formula is C41H47N5O8S2. The van der Waals surface area contributed by atoms with Crippen LogP contribution in [0.4, 0.5) is 5.69 Å². The summed E-state index contributed by atoms with van der Waals surface area (Å²) in [6.45, 7) is 4.25. The highest BCUT2D eigenvalue weighted by atomic mass is 32.2. The monoisotopic (exact) mass is 801 g/mol. The Hall–Kier alpha value is -5.04. The topological polar surface area (TPSA) is 201 Å². The molecular weight excluding hydrogens is 755 g/mol. The second kappa shape index (κ2) is 17.8. The number of carbonyl (C=O) groups excluding carboxylic acids is 1. The first-order valence-corrected chi connectivity index (χ1v) is 22.2. The summed E-state index contributed by atoms with van der Waals surface area (Å²) in [5.41, 5.74) is 11.3. The molecule has 0 fully saturated rings. The molecule has 8 rings (SSSR count). The zero-order valence-electron chi connectivity index (χ0n) is 31.7. The zero-order valence-corrected chi connectivity index (χ0v) is 33.4. The van der Waals surface area contributed by atoms with Crippen LogP contribution in [0.3, 0.4) is 0 Å². The summed E-state index contributed by atoms with van der Waals surface area (Å²) in [7, 11) is -7.60. The lowest BCUT2D eigenvalue weighted by Crippen LogP contribution is -2.24. The highest BCUT2D eigenvalue weighted by molar-refractivity contribution is 7.92. The normalized spacial score (nSPS) is 14.8.